The number of carbonyl (C=O) groups is 2. The van der Waals surface area contributed by atoms with Crippen LogP contribution in [0.2, 0.25) is 10.0 Å². The van der Waals surface area contributed by atoms with E-state index in [0.29, 0.717) is 42.3 Å². The molecule has 0 bridgehead atoms. The summed E-state index contributed by atoms with van der Waals surface area (Å²) in [6.07, 6.45) is 3.24. The molecule has 12 heteroatoms. The highest BCUT2D eigenvalue weighted by molar-refractivity contribution is 6.35. The molecule has 0 spiro atoms. The molecule has 1 atom stereocenters. The minimum Gasteiger partial charge on any atom is -0.494 e. The number of benzene rings is 4. The molecule has 4 aromatic carbocycles. The van der Waals surface area contributed by atoms with Gasteiger partial charge in [0.2, 0.25) is 0 Å². The Bertz CT molecular complexity index is 2710. The molecular formula is C45H45Cl2N7O3. The number of halogens is 2. The molecule has 2 amide bonds. The lowest BCUT2D eigenvalue weighted by molar-refractivity contribution is 0.0952. The second-order valence-electron chi connectivity index (χ2n) is 15.1. The van der Waals surface area contributed by atoms with Crippen LogP contribution in [0.15, 0.2) is 79.0 Å². The van der Waals surface area contributed by atoms with E-state index in [2.05, 4.69) is 22.3 Å². The summed E-state index contributed by atoms with van der Waals surface area (Å²) < 4.78 is 12.3. The lowest BCUT2D eigenvalue weighted by Crippen LogP contribution is -2.42. The van der Waals surface area contributed by atoms with Gasteiger partial charge in [0.25, 0.3) is 11.8 Å². The van der Waals surface area contributed by atoms with Gasteiger partial charge in [-0.05, 0) is 113 Å². The van der Waals surface area contributed by atoms with Crippen molar-refractivity contribution in [3.8, 4) is 16.9 Å². The zero-order chi connectivity index (χ0) is 40.3. The minimum atomic E-state index is -0.284. The maximum absolute atomic E-state index is 15.2. The van der Waals surface area contributed by atoms with Crippen LogP contribution in [0.3, 0.4) is 0 Å². The van der Waals surface area contributed by atoms with Crippen LogP contribution in [0.25, 0.3) is 32.9 Å². The Hall–Kier alpha value is -5.71. The average molecular weight is 803 g/mol. The normalized spacial score (nSPS) is 14.1. The molecule has 10 nitrogen and oxygen atoms in total. The van der Waals surface area contributed by atoms with Gasteiger partial charge in [-0.3, -0.25) is 25.1 Å². The first-order valence-corrected chi connectivity index (χ1v) is 19.9. The number of carbonyl (C=O) groups excluding carboxylic acids is 2. The fraction of sp³-hybridized carbons (Fsp3) is 0.267. The van der Waals surface area contributed by atoms with E-state index in [4.69, 9.17) is 33.0 Å². The Kier molecular flexibility index (Phi) is 10.0. The van der Waals surface area contributed by atoms with E-state index in [1.165, 1.54) is 0 Å². The molecule has 57 heavy (non-hydrogen) atoms. The van der Waals surface area contributed by atoms with Gasteiger partial charge in [0, 0.05) is 76.6 Å². The molecule has 0 radical (unpaired) electrons. The fourth-order valence-electron chi connectivity index (χ4n) is 8.39. The molecule has 8 rings (SSSR count). The van der Waals surface area contributed by atoms with Crippen molar-refractivity contribution in [3.05, 3.63) is 128 Å². The summed E-state index contributed by atoms with van der Waals surface area (Å²) in [4.78, 5) is 30.5. The van der Waals surface area contributed by atoms with Gasteiger partial charge >= 0.3 is 0 Å². The second-order valence-corrected chi connectivity index (χ2v) is 15.9. The molecule has 0 unspecified atom stereocenters. The van der Waals surface area contributed by atoms with Crippen LogP contribution >= 0.6 is 23.2 Å². The highest BCUT2D eigenvalue weighted by atomic mass is 35.5. The number of aromatic nitrogens is 4. The molecule has 1 aliphatic heterocycles. The Labute approximate surface area is 341 Å². The van der Waals surface area contributed by atoms with Crippen molar-refractivity contribution in [1.29, 1.82) is 0 Å². The van der Waals surface area contributed by atoms with Crippen molar-refractivity contribution < 1.29 is 14.3 Å². The summed E-state index contributed by atoms with van der Waals surface area (Å²) in [6.45, 7) is 11.0. The summed E-state index contributed by atoms with van der Waals surface area (Å²) in [6, 6.07) is 22.8. The van der Waals surface area contributed by atoms with Gasteiger partial charge in [-0.2, -0.15) is 5.10 Å². The lowest BCUT2D eigenvalue weighted by atomic mass is 9.98. The van der Waals surface area contributed by atoms with Gasteiger partial charge in [0.05, 0.1) is 34.2 Å². The predicted molar refractivity (Wildman–Crippen MR) is 230 cm³/mol. The van der Waals surface area contributed by atoms with E-state index >= 15 is 4.79 Å². The summed E-state index contributed by atoms with van der Waals surface area (Å²) >= 11 is 13.6. The van der Waals surface area contributed by atoms with Crippen molar-refractivity contribution in [2.24, 2.45) is 14.1 Å². The molecule has 2 N–H and O–H groups in total. The molecule has 4 heterocycles. The van der Waals surface area contributed by atoms with Crippen molar-refractivity contribution in [1.82, 2.24) is 24.3 Å². The Morgan fingerprint density at radius 1 is 0.930 bits per heavy atom. The molecule has 7 aromatic rings. The largest absolute Gasteiger partial charge is 0.494 e. The molecule has 292 valence electrons. The zero-order valence-corrected chi connectivity index (χ0v) is 34.6. The number of nitrogens with one attached hydrogen (secondary N) is 2. The van der Waals surface area contributed by atoms with Crippen LogP contribution in [-0.2, 0) is 20.5 Å². The van der Waals surface area contributed by atoms with Gasteiger partial charge < -0.3 is 18.8 Å². The average Bonchev–Trinajstić information content (AvgIpc) is 3.80. The monoisotopic (exact) mass is 801 g/mol. The van der Waals surface area contributed by atoms with Crippen molar-refractivity contribution in [3.63, 3.8) is 0 Å². The predicted octanol–water partition coefficient (Wildman–Crippen LogP) is 10.1. The first-order valence-electron chi connectivity index (χ1n) is 19.1. The molecule has 1 aliphatic rings. The molecule has 0 aliphatic carbocycles. The SMILES string of the molecule is Cc1cc(OCCCc2c3n(c4c(-c5c(C)nn(C)c5C)c(Cl)ccc24)[C@H](C)CN(c2cn(C)c4ccc(C(=O)NNc5ccccc5)cc24)C3=O)cc(C)c1Cl. The smallest absolute Gasteiger partial charge is 0.275 e. The number of fused-ring (bicyclic) bond motifs is 4. The summed E-state index contributed by atoms with van der Waals surface area (Å²) in [7, 11) is 3.89. The van der Waals surface area contributed by atoms with Crippen LogP contribution in [0.5, 0.6) is 5.75 Å². The lowest BCUT2D eigenvalue weighted by Gasteiger charge is -2.34. The van der Waals surface area contributed by atoms with E-state index in [1.807, 2.05) is 129 Å². The van der Waals surface area contributed by atoms with Gasteiger partial charge in [-0.25, -0.2) is 0 Å². The maximum atomic E-state index is 15.2. The van der Waals surface area contributed by atoms with E-state index in [-0.39, 0.29) is 17.9 Å². The number of rotatable bonds is 10. The Morgan fingerprint density at radius 2 is 1.67 bits per heavy atom. The third kappa shape index (κ3) is 6.70. The first-order chi connectivity index (χ1) is 27.3. The molecule has 0 fully saturated rings. The third-order valence-electron chi connectivity index (χ3n) is 11.2. The highest BCUT2D eigenvalue weighted by Gasteiger charge is 2.37. The topological polar surface area (TPSA) is 98.3 Å². The number of ether oxygens (including phenoxy) is 1. The first kappa shape index (κ1) is 38.2. The van der Waals surface area contributed by atoms with Crippen LogP contribution in [-0.4, -0.2) is 43.9 Å². The van der Waals surface area contributed by atoms with Gasteiger partial charge in [0.15, 0.2) is 0 Å². The Balaban J connectivity index is 1.21. The summed E-state index contributed by atoms with van der Waals surface area (Å²) in [5.41, 5.74) is 16.8. The van der Waals surface area contributed by atoms with E-state index in [1.54, 1.807) is 6.07 Å². The van der Waals surface area contributed by atoms with Crippen LogP contribution in [0, 0.1) is 27.7 Å². The van der Waals surface area contributed by atoms with E-state index in [0.717, 1.165) is 83.2 Å². The van der Waals surface area contributed by atoms with E-state index in [9.17, 15) is 4.79 Å². The van der Waals surface area contributed by atoms with Gasteiger partial charge in [0.1, 0.15) is 11.4 Å². The number of nitrogens with zero attached hydrogens (tertiary/aromatic N) is 5. The number of hydrazine groups is 1. The van der Waals surface area contributed by atoms with Gasteiger partial charge in [-0.1, -0.05) is 47.5 Å². The Morgan fingerprint density at radius 3 is 2.37 bits per heavy atom. The number of hydrogen-bond acceptors (Lipinski definition) is 5. The highest BCUT2D eigenvalue weighted by Crippen LogP contribution is 2.46. The van der Waals surface area contributed by atoms with Gasteiger partial charge in [-0.15, -0.1) is 0 Å². The van der Waals surface area contributed by atoms with Crippen molar-refractivity contribution in [2.45, 2.75) is 53.5 Å². The number of anilines is 2. The number of amides is 2. The minimum absolute atomic E-state index is 0.112. The molecule has 0 saturated heterocycles. The van der Waals surface area contributed by atoms with Crippen molar-refractivity contribution in [2.75, 3.05) is 23.5 Å². The quantitative estimate of drug-likeness (QED) is 0.106. The fourth-order valence-corrected chi connectivity index (χ4v) is 8.74. The molecule has 0 saturated carbocycles. The third-order valence-corrected chi connectivity index (χ3v) is 12.1. The maximum Gasteiger partial charge on any atom is 0.275 e. The summed E-state index contributed by atoms with van der Waals surface area (Å²) in [5.74, 6) is 0.373. The number of hydrogen-bond donors (Lipinski definition) is 2. The van der Waals surface area contributed by atoms with Crippen LogP contribution in [0.4, 0.5) is 11.4 Å². The second kappa shape index (κ2) is 15.0. The molecule has 3 aromatic heterocycles. The van der Waals surface area contributed by atoms with E-state index < -0.39 is 0 Å². The standard InChI is InChI=1S/C45H45Cl2N7O3/c1-25-20-32(21-26(2)41(25)47)57-19-11-14-33-34-16-17-36(46)40(39-28(4)50-52(7)29(39)5)42(34)54-27(3)23-53(45(56)43(33)54)38-24-51(6)37-18-15-30(22-35(37)38)44(55)49-48-31-12-9-8-10-13-31/h8-10,12-13,15-18,20-22,24,27,48H,11,14,19,23H2,1-7H3,(H,49,55)/t27-/m1/s1. The summed E-state index contributed by atoms with van der Waals surface area (Å²) in [5, 5.41) is 7.88. The number of para-hydroxylation sites is 1. The van der Waals surface area contributed by atoms with Crippen LogP contribution < -0.4 is 20.5 Å². The van der Waals surface area contributed by atoms with Crippen molar-refractivity contribution >= 4 is 68.2 Å². The van der Waals surface area contributed by atoms with Crippen LogP contribution in [0.1, 0.15) is 68.3 Å². The number of aryl methyl sites for hydroxylation is 6. The zero-order valence-electron chi connectivity index (χ0n) is 33.1. The molecular weight excluding hydrogens is 757 g/mol.